The first-order valence-electron chi connectivity index (χ1n) is 20.1. The number of benzene rings is 3. The van der Waals surface area contributed by atoms with Crippen LogP contribution in [0.3, 0.4) is 0 Å². The van der Waals surface area contributed by atoms with Gasteiger partial charge in [0, 0.05) is 51.4 Å². The van der Waals surface area contributed by atoms with Crippen molar-refractivity contribution in [2.75, 3.05) is 50.2 Å². The smallest absolute Gasteiger partial charge is 0.280 e. The van der Waals surface area contributed by atoms with Crippen molar-refractivity contribution in [3.63, 3.8) is 0 Å². The molecule has 3 N–H and O–H groups in total. The lowest BCUT2D eigenvalue weighted by atomic mass is 9.99. The standard InChI is InChI=1S/C43H43ClN10O7S/c1-24-25(2)62-43-37(24)39(27-10-12-28(44)13-11-27)47-33(40-51-49-26(3)53(40)43)23-36(56)46-29-6-4-7-30(22-29)61-21-20-60-19-18-59-17-16-45-31-8-5-9-32-38(31)42(58)54(52-50-32)34-14-15-35(55)48-41(34)57/h4-13,22,33-34,45H,14-21,23H2,1-3H3,(H,46,56)(H,48,55,57). The summed E-state index contributed by atoms with van der Waals surface area (Å²) in [6.07, 6.45) is 0.318. The molecule has 3 aromatic heterocycles. The van der Waals surface area contributed by atoms with Gasteiger partial charge in [-0.3, -0.25) is 34.1 Å². The molecule has 2 aliphatic rings. The summed E-state index contributed by atoms with van der Waals surface area (Å²) in [7, 11) is 0. The van der Waals surface area contributed by atoms with Crippen molar-refractivity contribution in [3.05, 3.63) is 115 Å². The summed E-state index contributed by atoms with van der Waals surface area (Å²) < 4.78 is 20.4. The topological polar surface area (TPSA) is 206 Å². The molecule has 1 saturated heterocycles. The monoisotopic (exact) mass is 878 g/mol. The van der Waals surface area contributed by atoms with Gasteiger partial charge in [0.25, 0.3) is 11.5 Å². The van der Waals surface area contributed by atoms with Crippen molar-refractivity contribution in [3.8, 4) is 10.8 Å². The number of hydrogen-bond donors (Lipinski definition) is 3. The van der Waals surface area contributed by atoms with Crippen LogP contribution in [-0.4, -0.2) is 92.8 Å². The van der Waals surface area contributed by atoms with E-state index in [2.05, 4.69) is 50.3 Å². The molecule has 3 amide bonds. The summed E-state index contributed by atoms with van der Waals surface area (Å²) >= 11 is 7.90. The molecule has 17 nitrogen and oxygen atoms in total. The van der Waals surface area contributed by atoms with Crippen LogP contribution in [0.2, 0.25) is 5.02 Å². The van der Waals surface area contributed by atoms with Gasteiger partial charge in [-0.25, -0.2) is 0 Å². The molecule has 0 aliphatic carbocycles. The second-order valence-electron chi connectivity index (χ2n) is 14.7. The third-order valence-corrected chi connectivity index (χ3v) is 11.9. The third-order valence-electron chi connectivity index (χ3n) is 10.5. The van der Waals surface area contributed by atoms with Crippen molar-refractivity contribution < 1.29 is 28.6 Å². The van der Waals surface area contributed by atoms with Gasteiger partial charge < -0.3 is 24.8 Å². The maximum atomic E-state index is 13.6. The Kier molecular flexibility index (Phi) is 12.8. The minimum absolute atomic E-state index is 0.0329. The number of carbonyl (C=O) groups is 3. The van der Waals surface area contributed by atoms with Crippen molar-refractivity contribution in [2.24, 2.45) is 4.99 Å². The number of aliphatic imine (C=N–C) groups is 1. The molecule has 2 aliphatic heterocycles. The first kappa shape index (κ1) is 42.4. The Bertz CT molecular complexity index is 2750. The number of rotatable bonds is 16. The summed E-state index contributed by atoms with van der Waals surface area (Å²) in [6, 6.07) is 18.4. The number of aryl methyl sites for hydroxylation is 2. The summed E-state index contributed by atoms with van der Waals surface area (Å²) in [5.74, 6) is 0.688. The van der Waals surface area contributed by atoms with Gasteiger partial charge in [0.1, 0.15) is 40.8 Å². The predicted octanol–water partition coefficient (Wildman–Crippen LogP) is 5.44. The van der Waals surface area contributed by atoms with Crippen LogP contribution in [0.25, 0.3) is 15.9 Å². The van der Waals surface area contributed by atoms with Crippen molar-refractivity contribution >= 4 is 68.6 Å². The highest BCUT2D eigenvalue weighted by Gasteiger charge is 2.33. The number of aromatic nitrogens is 6. The van der Waals surface area contributed by atoms with E-state index in [9.17, 15) is 19.2 Å². The number of nitrogens with one attached hydrogen (secondary N) is 3. The Hall–Kier alpha value is -6.34. The maximum absolute atomic E-state index is 13.6. The summed E-state index contributed by atoms with van der Waals surface area (Å²) in [6.45, 7) is 8.07. The Labute approximate surface area is 364 Å². The number of amides is 3. The van der Waals surface area contributed by atoms with E-state index < -0.39 is 23.6 Å². The van der Waals surface area contributed by atoms with Crippen LogP contribution in [0, 0.1) is 20.8 Å². The zero-order chi connectivity index (χ0) is 43.3. The molecule has 0 saturated carbocycles. The number of ether oxygens (including phenoxy) is 3. The van der Waals surface area contributed by atoms with Crippen molar-refractivity contribution in [2.45, 2.75) is 52.1 Å². The molecule has 0 radical (unpaired) electrons. The van der Waals surface area contributed by atoms with Gasteiger partial charge in [0.15, 0.2) is 5.82 Å². The van der Waals surface area contributed by atoms with Gasteiger partial charge in [-0.05, 0) is 69.2 Å². The molecule has 320 valence electrons. The number of halogens is 1. The van der Waals surface area contributed by atoms with Gasteiger partial charge in [-0.2, -0.15) is 4.68 Å². The van der Waals surface area contributed by atoms with Crippen LogP contribution in [0.1, 0.15) is 64.6 Å². The normalized spacial score (nSPS) is 16.0. The van der Waals surface area contributed by atoms with Gasteiger partial charge >= 0.3 is 0 Å². The number of hydrogen-bond acceptors (Lipinski definition) is 14. The Balaban J connectivity index is 0.796. The van der Waals surface area contributed by atoms with E-state index in [1.165, 1.54) is 0 Å². The highest BCUT2D eigenvalue weighted by molar-refractivity contribution is 7.15. The molecule has 1 fully saturated rings. The van der Waals surface area contributed by atoms with Gasteiger partial charge in [-0.1, -0.05) is 41.1 Å². The molecule has 0 spiro atoms. The zero-order valence-electron chi connectivity index (χ0n) is 34.1. The molecular weight excluding hydrogens is 836 g/mol. The summed E-state index contributed by atoms with van der Waals surface area (Å²) in [4.78, 5) is 57.3. The van der Waals surface area contributed by atoms with E-state index >= 15 is 0 Å². The fraction of sp³-hybridized carbons (Fsp3) is 0.326. The van der Waals surface area contributed by atoms with E-state index in [4.69, 9.17) is 30.8 Å². The van der Waals surface area contributed by atoms with Crippen LogP contribution < -0.4 is 26.2 Å². The number of piperidine rings is 1. The molecule has 5 heterocycles. The minimum Gasteiger partial charge on any atom is -0.491 e. The lowest BCUT2D eigenvalue weighted by Gasteiger charge is -2.21. The zero-order valence-corrected chi connectivity index (χ0v) is 35.7. The van der Waals surface area contributed by atoms with E-state index in [-0.39, 0.29) is 37.7 Å². The number of anilines is 2. The largest absolute Gasteiger partial charge is 0.491 e. The second-order valence-corrected chi connectivity index (χ2v) is 16.3. The molecule has 0 bridgehead atoms. The van der Waals surface area contributed by atoms with E-state index in [1.807, 2.05) is 35.8 Å². The number of thiophene rings is 1. The van der Waals surface area contributed by atoms with Crippen LogP contribution in [0.4, 0.5) is 11.4 Å². The lowest BCUT2D eigenvalue weighted by molar-refractivity contribution is -0.136. The number of nitrogens with zero attached hydrogens (tertiary/aromatic N) is 7. The van der Waals surface area contributed by atoms with Crippen LogP contribution in [0.15, 0.2) is 76.5 Å². The number of fused-ring (bicyclic) bond motifs is 4. The van der Waals surface area contributed by atoms with Crippen molar-refractivity contribution in [1.82, 2.24) is 35.1 Å². The molecule has 2 unspecified atom stereocenters. The molecule has 3 aromatic carbocycles. The first-order valence-corrected chi connectivity index (χ1v) is 21.3. The first-order chi connectivity index (χ1) is 30.0. The van der Waals surface area contributed by atoms with E-state index in [1.54, 1.807) is 53.8 Å². The Morgan fingerprint density at radius 2 is 1.71 bits per heavy atom. The summed E-state index contributed by atoms with van der Waals surface area (Å²) in [5.41, 5.74) is 4.79. The van der Waals surface area contributed by atoms with Gasteiger partial charge in [0.05, 0.1) is 43.9 Å². The number of carbonyl (C=O) groups excluding carboxylic acids is 3. The fourth-order valence-electron chi connectivity index (χ4n) is 7.35. The lowest BCUT2D eigenvalue weighted by Crippen LogP contribution is -2.45. The minimum atomic E-state index is -0.910. The second kappa shape index (κ2) is 18.7. The van der Waals surface area contributed by atoms with Gasteiger partial charge in [-0.15, -0.1) is 26.6 Å². The van der Waals surface area contributed by atoms with Crippen LogP contribution >= 0.6 is 22.9 Å². The van der Waals surface area contributed by atoms with E-state index in [0.29, 0.717) is 77.7 Å². The highest BCUT2D eigenvalue weighted by atomic mass is 35.5. The summed E-state index contributed by atoms with van der Waals surface area (Å²) in [5, 5.41) is 27.3. The molecule has 2 atom stereocenters. The molecule has 8 rings (SSSR count). The van der Waals surface area contributed by atoms with Crippen LogP contribution in [-0.2, 0) is 23.9 Å². The third kappa shape index (κ3) is 9.13. The van der Waals surface area contributed by atoms with Crippen LogP contribution in [0.5, 0.6) is 5.75 Å². The van der Waals surface area contributed by atoms with Gasteiger partial charge in [0.2, 0.25) is 11.8 Å². The molecule has 19 heteroatoms. The molecule has 6 aromatic rings. The number of imide groups is 1. The average molecular weight is 879 g/mol. The maximum Gasteiger partial charge on any atom is 0.280 e. The average Bonchev–Trinajstić information content (AvgIpc) is 3.73. The van der Waals surface area contributed by atoms with E-state index in [0.717, 1.165) is 37.0 Å². The highest BCUT2D eigenvalue weighted by Crippen LogP contribution is 2.40. The quantitative estimate of drug-likeness (QED) is 0.0822. The fourth-order valence-corrected chi connectivity index (χ4v) is 8.69. The molecular formula is C43H43ClN10O7S. The SMILES string of the molecule is Cc1sc2c(c1C)C(c1ccc(Cl)cc1)=NC(CC(=O)Nc1cccc(OCCOCCOCCNc3cccc4nnn(C5CCC(=O)NC5=O)c(=O)c34)c1)c1nnc(C)n1-2. The molecule has 62 heavy (non-hydrogen) atoms. The Morgan fingerprint density at radius 1 is 0.935 bits per heavy atom. The Morgan fingerprint density at radius 3 is 2.52 bits per heavy atom. The van der Waals surface area contributed by atoms with Crippen molar-refractivity contribution in [1.29, 1.82) is 0 Å². The predicted molar refractivity (Wildman–Crippen MR) is 234 cm³/mol.